The van der Waals surface area contributed by atoms with Gasteiger partial charge in [0.15, 0.2) is 9.43 Å². The number of carbonyl (C=O) groups excluding carboxylic acids is 1. The molecule has 11 heteroatoms. The SMILES string of the molecule is N#C/C(=C\c1ccc(Sc2nc3ccc([N+](=O)[O-])cc3s2)o1)C(=O)Nc1ccc(Cl)cc1. The number of hydrogen-bond acceptors (Lipinski definition) is 8. The van der Waals surface area contributed by atoms with Gasteiger partial charge in [-0.15, -0.1) is 11.3 Å². The monoisotopic (exact) mass is 482 g/mol. The Bertz CT molecular complexity index is 1400. The molecule has 0 fully saturated rings. The van der Waals surface area contributed by atoms with E-state index in [0.29, 0.717) is 36.1 Å². The van der Waals surface area contributed by atoms with Crippen molar-refractivity contribution in [2.75, 3.05) is 5.32 Å². The van der Waals surface area contributed by atoms with Crippen molar-refractivity contribution in [2.24, 2.45) is 0 Å². The van der Waals surface area contributed by atoms with Gasteiger partial charge in [-0.1, -0.05) is 11.6 Å². The summed E-state index contributed by atoms with van der Waals surface area (Å²) < 4.78 is 7.03. The van der Waals surface area contributed by atoms with Crippen LogP contribution in [0.5, 0.6) is 0 Å². The topological polar surface area (TPSA) is 122 Å². The molecular formula is C21H11ClN4O4S2. The average molecular weight is 483 g/mol. The van der Waals surface area contributed by atoms with E-state index in [2.05, 4.69) is 10.3 Å². The number of furan rings is 1. The van der Waals surface area contributed by atoms with Crippen molar-refractivity contribution >= 4 is 68.3 Å². The van der Waals surface area contributed by atoms with E-state index >= 15 is 0 Å². The molecule has 2 heterocycles. The van der Waals surface area contributed by atoms with Gasteiger partial charge in [0.05, 0.1) is 15.1 Å². The molecule has 0 spiro atoms. The number of hydrogen-bond donors (Lipinski definition) is 1. The minimum Gasteiger partial charge on any atom is -0.450 e. The number of nitrogens with one attached hydrogen (secondary N) is 1. The standard InChI is InChI=1S/C21H11ClN4O4S2/c22-13-1-3-14(4-2-13)24-20(27)12(11-23)9-16-6-8-19(30-16)32-21-25-17-7-5-15(26(28)29)10-18(17)31-21/h1-10H,(H,24,27)/b12-9+. The highest BCUT2D eigenvalue weighted by molar-refractivity contribution is 8.01. The average Bonchev–Trinajstić information content (AvgIpc) is 3.39. The largest absolute Gasteiger partial charge is 0.450 e. The zero-order valence-corrected chi connectivity index (χ0v) is 18.3. The highest BCUT2D eigenvalue weighted by Crippen LogP contribution is 2.36. The number of nitro benzene ring substituents is 1. The van der Waals surface area contributed by atoms with E-state index in [-0.39, 0.29) is 11.3 Å². The Labute approximate surface area is 194 Å². The van der Waals surface area contributed by atoms with Gasteiger partial charge in [-0.3, -0.25) is 14.9 Å². The summed E-state index contributed by atoms with van der Waals surface area (Å²) in [6.45, 7) is 0. The normalized spacial score (nSPS) is 11.3. The Morgan fingerprint density at radius 3 is 2.75 bits per heavy atom. The van der Waals surface area contributed by atoms with Crippen molar-refractivity contribution in [3.05, 3.63) is 81.1 Å². The zero-order valence-electron chi connectivity index (χ0n) is 15.9. The Hall–Kier alpha value is -3.65. The molecule has 8 nitrogen and oxygen atoms in total. The number of nitro groups is 1. The van der Waals surface area contributed by atoms with Crippen LogP contribution in [0.25, 0.3) is 16.3 Å². The van der Waals surface area contributed by atoms with Gasteiger partial charge < -0.3 is 9.73 Å². The van der Waals surface area contributed by atoms with E-state index in [0.717, 1.165) is 0 Å². The maximum absolute atomic E-state index is 12.4. The first-order valence-electron chi connectivity index (χ1n) is 8.92. The van der Waals surface area contributed by atoms with Gasteiger partial charge in [-0.2, -0.15) is 5.26 Å². The molecule has 0 radical (unpaired) electrons. The first-order chi connectivity index (χ1) is 15.4. The fourth-order valence-electron chi connectivity index (χ4n) is 2.62. The summed E-state index contributed by atoms with van der Waals surface area (Å²) in [5, 5.41) is 23.9. The van der Waals surface area contributed by atoms with E-state index < -0.39 is 10.8 Å². The second kappa shape index (κ2) is 9.23. The lowest BCUT2D eigenvalue weighted by molar-refractivity contribution is -0.384. The third-order valence-corrected chi connectivity index (χ3v) is 6.36. The summed E-state index contributed by atoms with van der Waals surface area (Å²) in [5.74, 6) is -0.250. The summed E-state index contributed by atoms with van der Waals surface area (Å²) in [4.78, 5) is 27.3. The van der Waals surface area contributed by atoms with Gasteiger partial charge in [0, 0.05) is 28.9 Å². The van der Waals surface area contributed by atoms with Crippen LogP contribution < -0.4 is 5.32 Å². The van der Waals surface area contributed by atoms with Crippen molar-refractivity contribution in [2.45, 2.75) is 9.43 Å². The van der Waals surface area contributed by atoms with Crippen LogP contribution in [0.3, 0.4) is 0 Å². The molecule has 1 N–H and O–H groups in total. The number of anilines is 1. The Kier molecular flexibility index (Phi) is 6.23. The molecule has 0 aliphatic heterocycles. The van der Waals surface area contributed by atoms with Crippen LogP contribution in [-0.2, 0) is 4.79 Å². The summed E-state index contributed by atoms with van der Waals surface area (Å²) in [7, 11) is 0. The first-order valence-corrected chi connectivity index (χ1v) is 10.9. The summed E-state index contributed by atoms with van der Waals surface area (Å²) in [6, 6.07) is 16.2. The molecule has 1 amide bonds. The van der Waals surface area contributed by atoms with Crippen molar-refractivity contribution in [3.8, 4) is 6.07 Å². The molecule has 2 aromatic carbocycles. The molecule has 4 aromatic rings. The maximum Gasteiger partial charge on any atom is 0.270 e. The second-order valence-electron chi connectivity index (χ2n) is 6.28. The summed E-state index contributed by atoms with van der Waals surface area (Å²) in [5.41, 5.74) is 1.04. The lowest BCUT2D eigenvalue weighted by Gasteiger charge is -2.03. The third kappa shape index (κ3) is 4.97. The molecule has 32 heavy (non-hydrogen) atoms. The van der Waals surface area contributed by atoms with Gasteiger partial charge >= 0.3 is 0 Å². The van der Waals surface area contributed by atoms with Crippen LogP contribution in [0.1, 0.15) is 5.76 Å². The van der Waals surface area contributed by atoms with Crippen LogP contribution in [0.2, 0.25) is 5.02 Å². The highest BCUT2D eigenvalue weighted by Gasteiger charge is 2.14. The summed E-state index contributed by atoms with van der Waals surface area (Å²) >= 11 is 8.37. The van der Waals surface area contributed by atoms with E-state index in [1.54, 1.807) is 42.5 Å². The number of carbonyl (C=O) groups is 1. The maximum atomic E-state index is 12.4. The highest BCUT2D eigenvalue weighted by atomic mass is 35.5. The lowest BCUT2D eigenvalue weighted by Crippen LogP contribution is -2.13. The fourth-order valence-corrected chi connectivity index (χ4v) is 4.75. The number of nitriles is 1. The number of non-ortho nitro benzene ring substituents is 1. The number of benzene rings is 2. The molecule has 0 aliphatic rings. The number of nitrogens with zero attached hydrogens (tertiary/aromatic N) is 3. The fraction of sp³-hybridized carbons (Fsp3) is 0. The van der Waals surface area contributed by atoms with E-state index in [1.165, 1.54) is 41.3 Å². The molecule has 0 aliphatic carbocycles. The van der Waals surface area contributed by atoms with E-state index in [1.807, 2.05) is 6.07 Å². The first kappa shape index (κ1) is 21.6. The molecule has 0 saturated heterocycles. The zero-order chi connectivity index (χ0) is 22.7. The molecule has 0 atom stereocenters. The molecule has 0 bridgehead atoms. The molecule has 2 aromatic heterocycles. The number of thiazole rings is 1. The Morgan fingerprint density at radius 2 is 2.03 bits per heavy atom. The number of fused-ring (bicyclic) bond motifs is 1. The predicted octanol–water partition coefficient (Wildman–Crippen LogP) is 6.15. The number of amides is 1. The van der Waals surface area contributed by atoms with Crippen molar-refractivity contribution in [1.29, 1.82) is 5.26 Å². The predicted molar refractivity (Wildman–Crippen MR) is 123 cm³/mol. The van der Waals surface area contributed by atoms with E-state index in [4.69, 9.17) is 16.0 Å². The van der Waals surface area contributed by atoms with Gasteiger partial charge in [0.2, 0.25) is 0 Å². The molecular weight excluding hydrogens is 472 g/mol. The number of rotatable bonds is 6. The van der Waals surface area contributed by atoms with Gasteiger partial charge in [0.25, 0.3) is 11.6 Å². The Balaban J connectivity index is 1.48. The van der Waals surface area contributed by atoms with Crippen molar-refractivity contribution < 1.29 is 14.1 Å². The molecule has 4 rings (SSSR count). The quantitative estimate of drug-likeness (QED) is 0.151. The number of aromatic nitrogens is 1. The minimum atomic E-state index is -0.576. The lowest BCUT2D eigenvalue weighted by atomic mass is 10.2. The van der Waals surface area contributed by atoms with Crippen LogP contribution in [0, 0.1) is 21.4 Å². The molecule has 0 unspecified atom stereocenters. The molecule has 0 saturated carbocycles. The minimum absolute atomic E-state index is 0.00373. The summed E-state index contributed by atoms with van der Waals surface area (Å²) in [6.07, 6.45) is 1.34. The third-order valence-electron chi connectivity index (χ3n) is 4.11. The van der Waals surface area contributed by atoms with Crippen LogP contribution >= 0.6 is 34.7 Å². The second-order valence-corrected chi connectivity index (χ2v) is 9.00. The van der Waals surface area contributed by atoms with Gasteiger partial charge in [-0.25, -0.2) is 4.98 Å². The van der Waals surface area contributed by atoms with E-state index in [9.17, 15) is 20.2 Å². The smallest absolute Gasteiger partial charge is 0.270 e. The Morgan fingerprint density at radius 1 is 1.25 bits per heavy atom. The van der Waals surface area contributed by atoms with Crippen LogP contribution in [0.4, 0.5) is 11.4 Å². The molecule has 158 valence electrons. The van der Waals surface area contributed by atoms with Crippen molar-refractivity contribution in [3.63, 3.8) is 0 Å². The van der Waals surface area contributed by atoms with Gasteiger partial charge in [-0.05, 0) is 54.2 Å². The van der Waals surface area contributed by atoms with Crippen LogP contribution in [0.15, 0.2) is 74.0 Å². The number of halogens is 1. The van der Waals surface area contributed by atoms with Crippen molar-refractivity contribution in [1.82, 2.24) is 4.98 Å². The van der Waals surface area contributed by atoms with Crippen LogP contribution in [-0.4, -0.2) is 15.8 Å². The van der Waals surface area contributed by atoms with Gasteiger partial charge in [0.1, 0.15) is 17.4 Å².